The zero-order chi connectivity index (χ0) is 16.8. The van der Waals surface area contributed by atoms with E-state index in [1.54, 1.807) is 0 Å². The summed E-state index contributed by atoms with van der Waals surface area (Å²) in [6.45, 7) is 4.68. The van der Waals surface area contributed by atoms with Gasteiger partial charge in [-0.2, -0.15) is 0 Å². The van der Waals surface area contributed by atoms with Crippen molar-refractivity contribution in [1.82, 2.24) is 4.98 Å². The minimum atomic E-state index is 0.0398. The summed E-state index contributed by atoms with van der Waals surface area (Å²) < 4.78 is 0. The van der Waals surface area contributed by atoms with E-state index < -0.39 is 0 Å². The van der Waals surface area contributed by atoms with Gasteiger partial charge in [0, 0.05) is 21.6 Å². The highest BCUT2D eigenvalue weighted by Gasteiger charge is 2.34. The number of para-hydroxylation sites is 1. The van der Waals surface area contributed by atoms with Crippen molar-refractivity contribution >= 4 is 43.4 Å². The van der Waals surface area contributed by atoms with Crippen molar-refractivity contribution in [3.63, 3.8) is 0 Å². The lowest BCUT2D eigenvalue weighted by atomic mass is 9.82. The van der Waals surface area contributed by atoms with Crippen LogP contribution in [0.1, 0.15) is 25.0 Å². The molecule has 0 saturated heterocycles. The van der Waals surface area contributed by atoms with Crippen molar-refractivity contribution in [2.45, 2.75) is 19.3 Å². The zero-order valence-corrected chi connectivity index (χ0v) is 14.3. The summed E-state index contributed by atoms with van der Waals surface area (Å²) in [4.78, 5) is 5.07. The van der Waals surface area contributed by atoms with Gasteiger partial charge in [-0.3, -0.25) is 0 Å². The van der Waals surface area contributed by atoms with Gasteiger partial charge in [0.05, 0.1) is 11.0 Å². The maximum absolute atomic E-state index is 5.07. The third-order valence-electron chi connectivity index (χ3n) is 5.99. The van der Waals surface area contributed by atoms with Gasteiger partial charge in [0.2, 0.25) is 0 Å². The molecule has 1 aliphatic carbocycles. The highest BCUT2D eigenvalue weighted by molar-refractivity contribution is 6.28. The standard InChI is InChI=1S/C24H17N/c1-24(2)18-10-5-8-15-17-13-14-7-3-4-12-20(14)25-23(17)16-9-6-11-19(24)22(16)21(15)18/h3-13H,1-2H3. The fourth-order valence-corrected chi connectivity index (χ4v) is 4.78. The molecule has 1 aromatic heterocycles. The number of nitrogens with zero attached hydrogens (tertiary/aromatic N) is 1. The molecule has 1 heteroatoms. The molecule has 0 fully saturated rings. The molecule has 25 heavy (non-hydrogen) atoms. The van der Waals surface area contributed by atoms with E-state index in [-0.39, 0.29) is 5.41 Å². The first-order valence-electron chi connectivity index (χ1n) is 8.84. The number of pyridine rings is 1. The molecule has 0 bridgehead atoms. The molecule has 118 valence electrons. The third-order valence-corrected chi connectivity index (χ3v) is 5.99. The Morgan fingerprint density at radius 2 is 1.36 bits per heavy atom. The molecule has 1 aliphatic rings. The molecule has 4 aromatic carbocycles. The molecule has 0 amide bonds. The van der Waals surface area contributed by atoms with Crippen LogP contribution in [0, 0.1) is 0 Å². The molecule has 0 N–H and O–H groups in total. The van der Waals surface area contributed by atoms with E-state index in [1.807, 2.05) is 0 Å². The SMILES string of the molecule is CC1(C)c2cccc3c4cc5ccccc5nc4c4cccc1c4c23. The van der Waals surface area contributed by atoms with Gasteiger partial charge in [0.15, 0.2) is 0 Å². The minimum absolute atomic E-state index is 0.0398. The van der Waals surface area contributed by atoms with Crippen molar-refractivity contribution in [2.24, 2.45) is 0 Å². The number of fused-ring (bicyclic) bond motifs is 4. The summed E-state index contributed by atoms with van der Waals surface area (Å²) in [5.41, 5.74) is 5.09. The summed E-state index contributed by atoms with van der Waals surface area (Å²) in [7, 11) is 0. The van der Waals surface area contributed by atoms with Crippen LogP contribution < -0.4 is 0 Å². The number of rotatable bonds is 0. The highest BCUT2D eigenvalue weighted by Crippen LogP contribution is 2.50. The molecule has 1 heterocycles. The fraction of sp³-hybridized carbons (Fsp3) is 0.125. The van der Waals surface area contributed by atoms with Crippen LogP contribution in [0.25, 0.3) is 43.4 Å². The second-order valence-corrected chi connectivity index (χ2v) is 7.66. The van der Waals surface area contributed by atoms with Gasteiger partial charge in [0.25, 0.3) is 0 Å². The fourth-order valence-electron chi connectivity index (χ4n) is 4.78. The normalized spacial score (nSPS) is 15.1. The van der Waals surface area contributed by atoms with Crippen LogP contribution in [0.15, 0.2) is 66.7 Å². The molecule has 0 spiro atoms. The Kier molecular flexibility index (Phi) is 2.23. The van der Waals surface area contributed by atoms with Crippen LogP contribution in [-0.2, 0) is 5.41 Å². The molecule has 1 nitrogen and oxygen atoms in total. The summed E-state index contributed by atoms with van der Waals surface area (Å²) in [5, 5.41) is 7.89. The van der Waals surface area contributed by atoms with Crippen molar-refractivity contribution < 1.29 is 0 Å². The maximum atomic E-state index is 5.07. The molecule has 0 radical (unpaired) electrons. The zero-order valence-electron chi connectivity index (χ0n) is 14.3. The summed E-state index contributed by atoms with van der Waals surface area (Å²) in [6, 6.07) is 24.2. The number of aromatic nitrogens is 1. The van der Waals surface area contributed by atoms with Crippen LogP contribution >= 0.6 is 0 Å². The lowest BCUT2D eigenvalue weighted by Crippen LogP contribution is -2.14. The molecule has 0 atom stereocenters. The lowest BCUT2D eigenvalue weighted by Gasteiger charge is -2.21. The van der Waals surface area contributed by atoms with E-state index in [4.69, 9.17) is 4.98 Å². The highest BCUT2D eigenvalue weighted by atomic mass is 14.7. The van der Waals surface area contributed by atoms with E-state index in [0.29, 0.717) is 0 Å². The minimum Gasteiger partial charge on any atom is -0.247 e. The maximum Gasteiger partial charge on any atom is 0.0794 e. The van der Waals surface area contributed by atoms with Crippen molar-refractivity contribution in [2.75, 3.05) is 0 Å². The first kappa shape index (κ1) is 13.4. The predicted molar refractivity (Wildman–Crippen MR) is 106 cm³/mol. The summed E-state index contributed by atoms with van der Waals surface area (Å²) in [6.07, 6.45) is 0. The van der Waals surface area contributed by atoms with Gasteiger partial charge >= 0.3 is 0 Å². The van der Waals surface area contributed by atoms with Crippen LogP contribution in [0.4, 0.5) is 0 Å². The Morgan fingerprint density at radius 1 is 0.680 bits per heavy atom. The first-order chi connectivity index (χ1) is 12.2. The van der Waals surface area contributed by atoms with E-state index >= 15 is 0 Å². The quantitative estimate of drug-likeness (QED) is 0.240. The van der Waals surface area contributed by atoms with Gasteiger partial charge in [-0.1, -0.05) is 68.4 Å². The van der Waals surface area contributed by atoms with Gasteiger partial charge in [0.1, 0.15) is 0 Å². The monoisotopic (exact) mass is 319 g/mol. The third kappa shape index (κ3) is 1.48. The van der Waals surface area contributed by atoms with E-state index in [0.717, 1.165) is 11.0 Å². The van der Waals surface area contributed by atoms with Crippen molar-refractivity contribution in [1.29, 1.82) is 0 Å². The predicted octanol–water partition coefficient (Wildman–Crippen LogP) is 6.33. The molecule has 5 aromatic rings. The Balaban J connectivity index is 2.02. The van der Waals surface area contributed by atoms with Gasteiger partial charge < -0.3 is 0 Å². The average Bonchev–Trinajstić information content (AvgIpc) is 2.88. The second kappa shape index (κ2) is 4.18. The van der Waals surface area contributed by atoms with Gasteiger partial charge in [-0.05, 0) is 39.4 Å². The molecule has 6 rings (SSSR count). The number of benzene rings is 4. The molecular formula is C24H17N. The van der Waals surface area contributed by atoms with E-state index in [1.165, 1.54) is 43.4 Å². The van der Waals surface area contributed by atoms with Gasteiger partial charge in [-0.25, -0.2) is 4.98 Å². The second-order valence-electron chi connectivity index (χ2n) is 7.66. The van der Waals surface area contributed by atoms with E-state index in [9.17, 15) is 0 Å². The Morgan fingerprint density at radius 3 is 2.16 bits per heavy atom. The van der Waals surface area contributed by atoms with Crippen LogP contribution in [-0.4, -0.2) is 4.98 Å². The lowest BCUT2D eigenvalue weighted by molar-refractivity contribution is 0.663. The van der Waals surface area contributed by atoms with Crippen LogP contribution in [0.2, 0.25) is 0 Å². The smallest absolute Gasteiger partial charge is 0.0794 e. The molecule has 0 aliphatic heterocycles. The summed E-state index contributed by atoms with van der Waals surface area (Å²) >= 11 is 0. The summed E-state index contributed by atoms with van der Waals surface area (Å²) in [5.74, 6) is 0. The Labute approximate surface area is 145 Å². The van der Waals surface area contributed by atoms with Gasteiger partial charge in [-0.15, -0.1) is 0 Å². The Bertz CT molecular complexity index is 1260. The number of hydrogen-bond donors (Lipinski definition) is 0. The number of hydrogen-bond acceptors (Lipinski definition) is 1. The molecule has 0 unspecified atom stereocenters. The van der Waals surface area contributed by atoms with Crippen LogP contribution in [0.3, 0.4) is 0 Å². The molecular weight excluding hydrogens is 302 g/mol. The van der Waals surface area contributed by atoms with Crippen molar-refractivity contribution in [3.8, 4) is 0 Å². The van der Waals surface area contributed by atoms with E-state index in [2.05, 4.69) is 80.6 Å². The van der Waals surface area contributed by atoms with Crippen LogP contribution in [0.5, 0.6) is 0 Å². The largest absolute Gasteiger partial charge is 0.247 e. The first-order valence-corrected chi connectivity index (χ1v) is 8.84. The van der Waals surface area contributed by atoms with Crippen molar-refractivity contribution in [3.05, 3.63) is 77.9 Å². The molecule has 0 saturated carbocycles. The topological polar surface area (TPSA) is 12.9 Å². The average molecular weight is 319 g/mol. The Hall–Kier alpha value is -2.93.